The number of para-hydroxylation sites is 1. The number of benzene rings is 1. The Morgan fingerprint density at radius 3 is 2.71 bits per heavy atom. The van der Waals surface area contributed by atoms with Crippen LogP contribution in [0.15, 0.2) is 43.0 Å². The van der Waals surface area contributed by atoms with Crippen LogP contribution in [0.2, 0.25) is 0 Å². The van der Waals surface area contributed by atoms with Crippen molar-refractivity contribution >= 4 is 0 Å². The molecule has 1 rings (SSSR count). The van der Waals surface area contributed by atoms with Gasteiger partial charge in [0.25, 0.3) is 0 Å². The number of rotatable bonds is 9. The maximum Gasteiger partial charge on any atom is 0.119 e. The van der Waals surface area contributed by atoms with E-state index >= 15 is 0 Å². The van der Waals surface area contributed by atoms with Gasteiger partial charge >= 0.3 is 0 Å². The van der Waals surface area contributed by atoms with E-state index in [-0.39, 0.29) is 0 Å². The van der Waals surface area contributed by atoms with E-state index in [9.17, 15) is 0 Å². The van der Waals surface area contributed by atoms with Crippen LogP contribution in [0.4, 0.5) is 0 Å². The number of unbranched alkanes of at least 4 members (excludes halogenated alkanes) is 1. The monoisotopic (exact) mass is 234 g/mol. The second-order valence-electron chi connectivity index (χ2n) is 4.03. The molecular formula is C14H22N2O. The number of hydrogen-bond donors (Lipinski definition) is 2. The average Bonchev–Trinajstić information content (AvgIpc) is 2.38. The lowest BCUT2D eigenvalue weighted by Crippen LogP contribution is -2.36. The highest BCUT2D eigenvalue weighted by Crippen LogP contribution is 2.10. The Bertz CT molecular complexity index is 300. The number of ether oxygens (including phenoxy) is 1. The Labute approximate surface area is 104 Å². The highest BCUT2D eigenvalue weighted by atomic mass is 16.5. The third kappa shape index (κ3) is 6.09. The molecule has 0 heterocycles. The van der Waals surface area contributed by atoms with Gasteiger partial charge in [0.05, 0.1) is 6.61 Å². The highest BCUT2D eigenvalue weighted by Gasteiger charge is 2.05. The fourth-order valence-corrected chi connectivity index (χ4v) is 1.66. The maximum atomic E-state index is 5.63. The van der Waals surface area contributed by atoms with Crippen LogP contribution < -0.4 is 16.0 Å². The molecule has 1 aromatic rings. The van der Waals surface area contributed by atoms with Crippen LogP contribution in [-0.2, 0) is 0 Å². The minimum Gasteiger partial charge on any atom is -0.494 e. The van der Waals surface area contributed by atoms with Crippen LogP contribution in [0.25, 0.3) is 0 Å². The van der Waals surface area contributed by atoms with Gasteiger partial charge in [-0.3, -0.25) is 11.3 Å². The van der Waals surface area contributed by atoms with Gasteiger partial charge in [-0.25, -0.2) is 0 Å². The fourth-order valence-electron chi connectivity index (χ4n) is 1.66. The Balaban J connectivity index is 2.17. The SMILES string of the molecule is C=CCCCC(CCOc1ccccc1)NN. The lowest BCUT2D eigenvalue weighted by molar-refractivity contribution is 0.280. The first kappa shape index (κ1) is 13.7. The van der Waals surface area contributed by atoms with Crippen molar-refractivity contribution in [3.8, 4) is 5.75 Å². The Morgan fingerprint density at radius 1 is 1.29 bits per heavy atom. The van der Waals surface area contributed by atoms with Crippen molar-refractivity contribution in [2.45, 2.75) is 31.7 Å². The number of nitrogens with one attached hydrogen (secondary N) is 1. The third-order valence-electron chi connectivity index (χ3n) is 2.67. The van der Waals surface area contributed by atoms with Gasteiger partial charge in [0.15, 0.2) is 0 Å². The average molecular weight is 234 g/mol. The van der Waals surface area contributed by atoms with Crippen molar-refractivity contribution in [1.29, 1.82) is 0 Å². The van der Waals surface area contributed by atoms with Crippen LogP contribution in [0.3, 0.4) is 0 Å². The van der Waals surface area contributed by atoms with Crippen LogP contribution in [-0.4, -0.2) is 12.6 Å². The molecule has 0 amide bonds. The van der Waals surface area contributed by atoms with E-state index in [2.05, 4.69) is 12.0 Å². The van der Waals surface area contributed by atoms with E-state index in [1.54, 1.807) is 0 Å². The molecule has 0 aromatic heterocycles. The molecule has 3 heteroatoms. The topological polar surface area (TPSA) is 47.3 Å². The molecule has 0 aliphatic rings. The quantitative estimate of drug-likeness (QED) is 0.299. The molecule has 0 fully saturated rings. The van der Waals surface area contributed by atoms with E-state index in [1.807, 2.05) is 36.4 Å². The summed E-state index contributed by atoms with van der Waals surface area (Å²) in [4.78, 5) is 0. The normalized spacial score (nSPS) is 12.1. The van der Waals surface area contributed by atoms with Gasteiger partial charge in [0.1, 0.15) is 5.75 Å². The summed E-state index contributed by atoms with van der Waals surface area (Å²) in [5.74, 6) is 6.41. The minimum absolute atomic E-state index is 0.318. The highest BCUT2D eigenvalue weighted by molar-refractivity contribution is 5.20. The molecule has 0 saturated carbocycles. The summed E-state index contributed by atoms with van der Waals surface area (Å²) in [6.07, 6.45) is 6.07. The van der Waals surface area contributed by atoms with E-state index in [1.165, 1.54) is 0 Å². The van der Waals surface area contributed by atoms with Crippen LogP contribution >= 0.6 is 0 Å². The summed E-state index contributed by atoms with van der Waals surface area (Å²) >= 11 is 0. The maximum absolute atomic E-state index is 5.63. The number of allylic oxidation sites excluding steroid dienone is 1. The number of hydrogen-bond acceptors (Lipinski definition) is 3. The minimum atomic E-state index is 0.318. The van der Waals surface area contributed by atoms with Gasteiger partial charge in [-0.15, -0.1) is 6.58 Å². The predicted molar refractivity (Wildman–Crippen MR) is 71.7 cm³/mol. The van der Waals surface area contributed by atoms with Gasteiger partial charge in [0.2, 0.25) is 0 Å². The van der Waals surface area contributed by atoms with Crippen molar-refractivity contribution in [2.75, 3.05) is 6.61 Å². The molecule has 1 aromatic carbocycles. The van der Waals surface area contributed by atoms with Crippen LogP contribution in [0, 0.1) is 0 Å². The first-order valence-electron chi connectivity index (χ1n) is 6.11. The second kappa shape index (κ2) is 8.79. The predicted octanol–water partition coefficient (Wildman–Crippen LogP) is 2.64. The molecule has 0 spiro atoms. The standard InChI is InChI=1S/C14H22N2O/c1-2-3-5-8-13(16-15)11-12-17-14-9-6-4-7-10-14/h2,4,6-7,9-10,13,16H,1,3,5,8,11-12,15H2. The molecule has 17 heavy (non-hydrogen) atoms. The molecule has 0 saturated heterocycles. The summed E-state index contributed by atoms with van der Waals surface area (Å²) in [6, 6.07) is 10.2. The van der Waals surface area contributed by atoms with Gasteiger partial charge in [0, 0.05) is 6.04 Å². The zero-order chi connectivity index (χ0) is 12.3. The summed E-state index contributed by atoms with van der Waals surface area (Å²) in [6.45, 7) is 4.40. The summed E-state index contributed by atoms with van der Waals surface area (Å²) in [5, 5.41) is 0. The van der Waals surface area contributed by atoms with E-state index in [4.69, 9.17) is 10.6 Å². The smallest absolute Gasteiger partial charge is 0.119 e. The number of nitrogens with two attached hydrogens (primary N) is 1. The molecule has 0 bridgehead atoms. The third-order valence-corrected chi connectivity index (χ3v) is 2.67. The summed E-state index contributed by atoms with van der Waals surface area (Å²) in [7, 11) is 0. The van der Waals surface area contributed by atoms with Crippen molar-refractivity contribution in [3.05, 3.63) is 43.0 Å². The van der Waals surface area contributed by atoms with Gasteiger partial charge in [-0.05, 0) is 37.8 Å². The van der Waals surface area contributed by atoms with E-state index < -0.39 is 0 Å². The second-order valence-corrected chi connectivity index (χ2v) is 4.03. The van der Waals surface area contributed by atoms with E-state index in [0.29, 0.717) is 12.6 Å². The van der Waals surface area contributed by atoms with Gasteiger partial charge in [-0.1, -0.05) is 24.3 Å². The Hall–Kier alpha value is -1.32. The zero-order valence-corrected chi connectivity index (χ0v) is 10.3. The largest absolute Gasteiger partial charge is 0.494 e. The van der Waals surface area contributed by atoms with Crippen LogP contribution in [0.5, 0.6) is 5.75 Å². The fraction of sp³-hybridized carbons (Fsp3) is 0.429. The lowest BCUT2D eigenvalue weighted by Gasteiger charge is -2.15. The Morgan fingerprint density at radius 2 is 2.06 bits per heavy atom. The molecule has 0 radical (unpaired) electrons. The molecule has 3 nitrogen and oxygen atoms in total. The van der Waals surface area contributed by atoms with Crippen LogP contribution in [0.1, 0.15) is 25.7 Å². The van der Waals surface area contributed by atoms with Crippen molar-refractivity contribution < 1.29 is 4.74 Å². The molecule has 1 atom stereocenters. The summed E-state index contributed by atoms with van der Waals surface area (Å²) < 4.78 is 5.63. The van der Waals surface area contributed by atoms with Gasteiger partial charge < -0.3 is 4.74 Å². The molecule has 3 N–H and O–H groups in total. The van der Waals surface area contributed by atoms with Crippen molar-refractivity contribution in [3.63, 3.8) is 0 Å². The molecule has 0 aliphatic carbocycles. The summed E-state index contributed by atoms with van der Waals surface area (Å²) in [5.41, 5.74) is 2.83. The molecule has 94 valence electrons. The van der Waals surface area contributed by atoms with Crippen molar-refractivity contribution in [2.24, 2.45) is 5.84 Å². The molecule has 0 aliphatic heterocycles. The number of hydrazine groups is 1. The molecular weight excluding hydrogens is 212 g/mol. The molecule has 1 unspecified atom stereocenters. The Kier molecular flexibility index (Phi) is 7.11. The van der Waals surface area contributed by atoms with Crippen molar-refractivity contribution in [1.82, 2.24) is 5.43 Å². The van der Waals surface area contributed by atoms with Gasteiger partial charge in [-0.2, -0.15) is 0 Å². The van der Waals surface area contributed by atoms with E-state index in [0.717, 1.165) is 31.4 Å². The lowest BCUT2D eigenvalue weighted by atomic mass is 10.1. The first-order valence-corrected chi connectivity index (χ1v) is 6.11. The first-order chi connectivity index (χ1) is 8.36. The zero-order valence-electron chi connectivity index (χ0n) is 10.3.